The first-order chi connectivity index (χ1) is 12.8. The Morgan fingerprint density at radius 1 is 1.12 bits per heavy atom. The second-order valence-corrected chi connectivity index (χ2v) is 5.88. The molecule has 0 saturated heterocycles. The Balaban J connectivity index is 1.78. The van der Waals surface area contributed by atoms with Crippen molar-refractivity contribution in [3.63, 3.8) is 0 Å². The van der Waals surface area contributed by atoms with Gasteiger partial charge in [0.1, 0.15) is 23.9 Å². The highest BCUT2D eigenvalue weighted by atomic mass is 16.5. The van der Waals surface area contributed by atoms with Crippen LogP contribution in [-0.4, -0.2) is 28.5 Å². The van der Waals surface area contributed by atoms with Crippen LogP contribution in [0.4, 0.5) is 5.95 Å². The van der Waals surface area contributed by atoms with Crippen molar-refractivity contribution in [3.8, 4) is 11.5 Å². The molecule has 1 atom stereocenters. The van der Waals surface area contributed by atoms with Crippen molar-refractivity contribution in [2.24, 2.45) is 0 Å². The number of nitrogens with zero attached hydrogens (tertiary/aromatic N) is 3. The van der Waals surface area contributed by atoms with E-state index >= 15 is 0 Å². The number of hydrogen-bond donors (Lipinski definition) is 1. The molecular formula is C20H20N4O2. The predicted molar refractivity (Wildman–Crippen MR) is 100 cm³/mol. The number of nitrogens with one attached hydrogen (secondary N) is 1. The number of methoxy groups -OCH3 is 1. The first kappa shape index (κ1) is 16.2. The molecule has 26 heavy (non-hydrogen) atoms. The molecule has 0 amide bonds. The largest absolute Gasteiger partial charge is 0.497 e. The van der Waals surface area contributed by atoms with Gasteiger partial charge in [0.2, 0.25) is 5.95 Å². The Bertz CT molecular complexity index is 931. The molecule has 0 fully saturated rings. The van der Waals surface area contributed by atoms with Crippen LogP contribution < -0.4 is 14.8 Å². The van der Waals surface area contributed by atoms with E-state index in [0.29, 0.717) is 12.6 Å². The van der Waals surface area contributed by atoms with Crippen LogP contribution >= 0.6 is 0 Å². The van der Waals surface area contributed by atoms with Crippen LogP contribution in [0.5, 0.6) is 11.5 Å². The highest BCUT2D eigenvalue weighted by Crippen LogP contribution is 2.36. The Labute approximate surface area is 152 Å². The molecule has 2 aromatic carbocycles. The lowest BCUT2D eigenvalue weighted by Gasteiger charge is -2.25. The number of fused-ring (bicyclic) bond motifs is 1. The zero-order valence-electron chi connectivity index (χ0n) is 14.7. The van der Waals surface area contributed by atoms with Crippen molar-refractivity contribution in [2.75, 3.05) is 19.0 Å². The summed E-state index contributed by atoms with van der Waals surface area (Å²) in [5.41, 5.74) is 3.08. The monoisotopic (exact) mass is 348 g/mol. The standard InChI is InChI=1S/C20H20N4O2/c1-3-26-19-7-5-4-6-16(19)18-12-17(23-20-21-13-22-24(18)20)14-8-10-15(25-2)11-9-14/h4-13,18H,3H2,1-2H3,(H,21,22,23)/t18-/m0/s1. The quantitative estimate of drug-likeness (QED) is 0.761. The number of ether oxygens (including phenoxy) is 2. The van der Waals surface area contributed by atoms with Gasteiger partial charge in [0.15, 0.2) is 0 Å². The van der Waals surface area contributed by atoms with Crippen molar-refractivity contribution in [1.82, 2.24) is 14.8 Å². The highest BCUT2D eigenvalue weighted by Gasteiger charge is 2.25. The summed E-state index contributed by atoms with van der Waals surface area (Å²) in [6, 6.07) is 15.9. The number of aromatic nitrogens is 3. The number of anilines is 1. The predicted octanol–water partition coefficient (Wildman–Crippen LogP) is 3.74. The molecule has 1 aliphatic rings. The van der Waals surface area contributed by atoms with E-state index in [9.17, 15) is 0 Å². The van der Waals surface area contributed by atoms with Crippen molar-refractivity contribution in [3.05, 3.63) is 72.1 Å². The van der Waals surface area contributed by atoms with Crippen molar-refractivity contribution in [1.29, 1.82) is 0 Å². The first-order valence-electron chi connectivity index (χ1n) is 8.54. The lowest BCUT2D eigenvalue weighted by atomic mass is 10.0. The smallest absolute Gasteiger partial charge is 0.226 e. The second-order valence-electron chi connectivity index (χ2n) is 5.88. The number of benzene rings is 2. The fourth-order valence-electron chi connectivity index (χ4n) is 3.11. The van der Waals surface area contributed by atoms with Crippen LogP contribution in [0.25, 0.3) is 5.70 Å². The third kappa shape index (κ3) is 2.90. The van der Waals surface area contributed by atoms with Crippen LogP contribution in [0.3, 0.4) is 0 Å². The molecule has 0 unspecified atom stereocenters. The molecule has 2 heterocycles. The third-order valence-electron chi connectivity index (χ3n) is 4.35. The maximum atomic E-state index is 5.83. The van der Waals surface area contributed by atoms with Crippen LogP contribution in [0.15, 0.2) is 60.9 Å². The molecule has 0 spiro atoms. The molecule has 4 rings (SSSR count). The van der Waals surface area contributed by atoms with E-state index in [0.717, 1.165) is 28.3 Å². The number of para-hydroxylation sites is 1. The van der Waals surface area contributed by atoms with Crippen LogP contribution in [0.1, 0.15) is 24.1 Å². The Morgan fingerprint density at radius 2 is 1.92 bits per heavy atom. The summed E-state index contributed by atoms with van der Waals surface area (Å²) in [5, 5.41) is 7.74. The Morgan fingerprint density at radius 3 is 2.69 bits per heavy atom. The minimum Gasteiger partial charge on any atom is -0.497 e. The van der Waals surface area contributed by atoms with Gasteiger partial charge in [0.05, 0.1) is 13.7 Å². The molecule has 6 nitrogen and oxygen atoms in total. The van der Waals surface area contributed by atoms with E-state index in [1.165, 1.54) is 0 Å². The number of rotatable bonds is 5. The van der Waals surface area contributed by atoms with Crippen molar-refractivity contribution >= 4 is 11.6 Å². The Kier molecular flexibility index (Phi) is 4.31. The number of allylic oxidation sites excluding steroid dienone is 1. The van der Waals surface area contributed by atoms with Gasteiger partial charge in [0.25, 0.3) is 0 Å². The van der Waals surface area contributed by atoms with E-state index in [2.05, 4.69) is 27.5 Å². The second kappa shape index (κ2) is 6.92. The molecule has 3 aromatic rings. The van der Waals surface area contributed by atoms with Crippen LogP contribution in [-0.2, 0) is 0 Å². The minimum absolute atomic E-state index is 0.103. The molecule has 1 aromatic heterocycles. The van der Waals surface area contributed by atoms with Gasteiger partial charge >= 0.3 is 0 Å². The SMILES string of the molecule is CCOc1ccccc1[C@@H]1C=C(c2ccc(OC)cc2)Nc2ncnn21. The van der Waals surface area contributed by atoms with Gasteiger partial charge in [-0.15, -0.1) is 0 Å². The van der Waals surface area contributed by atoms with E-state index in [-0.39, 0.29) is 6.04 Å². The van der Waals surface area contributed by atoms with Gasteiger partial charge in [-0.1, -0.05) is 18.2 Å². The zero-order valence-corrected chi connectivity index (χ0v) is 14.7. The molecule has 0 saturated carbocycles. The van der Waals surface area contributed by atoms with Crippen molar-refractivity contribution in [2.45, 2.75) is 13.0 Å². The van der Waals surface area contributed by atoms with E-state index < -0.39 is 0 Å². The lowest BCUT2D eigenvalue weighted by molar-refractivity contribution is 0.333. The zero-order chi connectivity index (χ0) is 17.9. The first-order valence-corrected chi connectivity index (χ1v) is 8.54. The average Bonchev–Trinajstić information content (AvgIpc) is 3.17. The van der Waals surface area contributed by atoms with Gasteiger partial charge in [-0.25, -0.2) is 4.68 Å². The lowest BCUT2D eigenvalue weighted by Crippen LogP contribution is -2.20. The van der Waals surface area contributed by atoms with E-state index in [1.807, 2.05) is 54.1 Å². The molecule has 6 heteroatoms. The van der Waals surface area contributed by atoms with E-state index in [1.54, 1.807) is 13.4 Å². The Hall–Kier alpha value is -3.28. The summed E-state index contributed by atoms with van der Waals surface area (Å²) in [6.45, 7) is 2.60. The average molecular weight is 348 g/mol. The fourth-order valence-corrected chi connectivity index (χ4v) is 3.11. The van der Waals surface area contributed by atoms with Gasteiger partial charge in [-0.2, -0.15) is 10.1 Å². The van der Waals surface area contributed by atoms with Crippen LogP contribution in [0, 0.1) is 0 Å². The molecule has 0 radical (unpaired) electrons. The molecule has 0 aliphatic carbocycles. The molecule has 132 valence electrons. The third-order valence-corrected chi connectivity index (χ3v) is 4.35. The van der Waals surface area contributed by atoms with E-state index in [4.69, 9.17) is 9.47 Å². The van der Waals surface area contributed by atoms with Gasteiger partial charge in [-0.05, 0) is 48.9 Å². The molecule has 1 aliphatic heterocycles. The summed E-state index contributed by atoms with van der Waals surface area (Å²) in [5.74, 6) is 2.38. The van der Waals surface area contributed by atoms with Gasteiger partial charge < -0.3 is 14.8 Å². The molecule has 0 bridgehead atoms. The summed E-state index contributed by atoms with van der Waals surface area (Å²) in [7, 11) is 1.66. The summed E-state index contributed by atoms with van der Waals surface area (Å²) in [4.78, 5) is 4.35. The van der Waals surface area contributed by atoms with Crippen LogP contribution in [0.2, 0.25) is 0 Å². The van der Waals surface area contributed by atoms with Gasteiger partial charge in [0, 0.05) is 11.3 Å². The van der Waals surface area contributed by atoms with Gasteiger partial charge in [-0.3, -0.25) is 0 Å². The normalized spacial score (nSPS) is 15.6. The molecular weight excluding hydrogens is 328 g/mol. The maximum absolute atomic E-state index is 5.83. The summed E-state index contributed by atoms with van der Waals surface area (Å²) in [6.07, 6.45) is 3.70. The van der Waals surface area contributed by atoms with Crippen molar-refractivity contribution < 1.29 is 9.47 Å². The fraction of sp³-hybridized carbons (Fsp3) is 0.200. The highest BCUT2D eigenvalue weighted by molar-refractivity contribution is 5.77. The topological polar surface area (TPSA) is 61.2 Å². The summed E-state index contributed by atoms with van der Waals surface area (Å²) < 4.78 is 12.9. The number of hydrogen-bond acceptors (Lipinski definition) is 5. The minimum atomic E-state index is -0.103. The summed E-state index contributed by atoms with van der Waals surface area (Å²) >= 11 is 0. The maximum Gasteiger partial charge on any atom is 0.226 e. The molecule has 1 N–H and O–H groups in total.